The number of methoxy groups -OCH3 is 2. The van der Waals surface area contributed by atoms with Gasteiger partial charge in [-0.1, -0.05) is 42.5 Å². The van der Waals surface area contributed by atoms with E-state index in [0.29, 0.717) is 13.1 Å². The third-order valence-electron chi connectivity index (χ3n) is 5.83. The summed E-state index contributed by atoms with van der Waals surface area (Å²) >= 11 is 0. The zero-order valence-electron chi connectivity index (χ0n) is 20.8. The SMILES string of the molecule is COc1ccc(CN(CC[C@@H](c2ccc(OC(C)C)cc2)c2ccccc2OC)C(C)=O)cc1. The maximum absolute atomic E-state index is 12.5. The van der Waals surface area contributed by atoms with Gasteiger partial charge in [0.1, 0.15) is 17.2 Å². The van der Waals surface area contributed by atoms with Gasteiger partial charge in [-0.15, -0.1) is 0 Å². The summed E-state index contributed by atoms with van der Waals surface area (Å²) in [5, 5.41) is 0. The van der Waals surface area contributed by atoms with Gasteiger partial charge in [0.25, 0.3) is 0 Å². The van der Waals surface area contributed by atoms with Crippen molar-refractivity contribution >= 4 is 5.91 Å². The van der Waals surface area contributed by atoms with E-state index in [-0.39, 0.29) is 17.9 Å². The van der Waals surface area contributed by atoms with E-state index < -0.39 is 0 Å². The number of amides is 1. The van der Waals surface area contributed by atoms with Gasteiger partial charge in [0.15, 0.2) is 0 Å². The van der Waals surface area contributed by atoms with Gasteiger partial charge < -0.3 is 19.1 Å². The van der Waals surface area contributed by atoms with Crippen LogP contribution in [0, 0.1) is 0 Å². The first-order valence-electron chi connectivity index (χ1n) is 11.7. The molecule has 0 heterocycles. The van der Waals surface area contributed by atoms with E-state index in [4.69, 9.17) is 14.2 Å². The van der Waals surface area contributed by atoms with Gasteiger partial charge in [0, 0.05) is 31.5 Å². The normalized spacial score (nSPS) is 11.7. The first-order valence-corrected chi connectivity index (χ1v) is 11.7. The number of rotatable bonds is 11. The maximum Gasteiger partial charge on any atom is 0.219 e. The minimum absolute atomic E-state index is 0.0512. The van der Waals surface area contributed by atoms with Crippen molar-refractivity contribution in [2.75, 3.05) is 20.8 Å². The average Bonchev–Trinajstić information content (AvgIpc) is 2.84. The Labute approximate surface area is 203 Å². The molecular weight excluding hydrogens is 426 g/mol. The lowest BCUT2D eigenvalue weighted by molar-refractivity contribution is -0.129. The Morgan fingerprint density at radius 1 is 0.853 bits per heavy atom. The van der Waals surface area contributed by atoms with Crippen molar-refractivity contribution in [3.63, 3.8) is 0 Å². The maximum atomic E-state index is 12.5. The third-order valence-corrected chi connectivity index (χ3v) is 5.83. The second-order valence-electron chi connectivity index (χ2n) is 8.61. The Balaban J connectivity index is 1.84. The number of carbonyl (C=O) groups is 1. The molecule has 0 unspecified atom stereocenters. The van der Waals surface area contributed by atoms with Crippen molar-refractivity contribution in [2.45, 2.75) is 45.8 Å². The van der Waals surface area contributed by atoms with Crippen LogP contribution in [0.4, 0.5) is 0 Å². The number of carbonyl (C=O) groups excluding carboxylic acids is 1. The molecule has 0 N–H and O–H groups in total. The van der Waals surface area contributed by atoms with E-state index in [0.717, 1.165) is 40.4 Å². The fourth-order valence-electron chi connectivity index (χ4n) is 4.09. The standard InChI is InChI=1S/C29H35NO4/c1-21(2)34-26-16-12-24(13-17-26)27(28-8-6-7-9-29(28)33-5)18-19-30(22(3)31)20-23-10-14-25(32-4)15-11-23/h6-17,21,27H,18-20H2,1-5H3/t27-/m0/s1. The van der Waals surface area contributed by atoms with Crippen molar-refractivity contribution in [3.05, 3.63) is 89.5 Å². The van der Waals surface area contributed by atoms with Gasteiger partial charge in [0.05, 0.1) is 20.3 Å². The van der Waals surface area contributed by atoms with E-state index in [1.807, 2.05) is 73.3 Å². The molecular formula is C29H35NO4. The van der Waals surface area contributed by atoms with Gasteiger partial charge in [-0.25, -0.2) is 0 Å². The Hall–Kier alpha value is -3.47. The Morgan fingerprint density at radius 2 is 1.50 bits per heavy atom. The number of hydrogen-bond donors (Lipinski definition) is 0. The van der Waals surface area contributed by atoms with E-state index >= 15 is 0 Å². The summed E-state index contributed by atoms with van der Waals surface area (Å²) in [6, 6.07) is 24.2. The number of benzene rings is 3. The molecule has 180 valence electrons. The number of ether oxygens (including phenoxy) is 3. The van der Waals surface area contributed by atoms with Crippen molar-refractivity contribution in [1.29, 1.82) is 0 Å². The molecule has 0 saturated carbocycles. The summed E-state index contributed by atoms with van der Waals surface area (Å²) in [6.07, 6.45) is 0.887. The molecule has 0 bridgehead atoms. The van der Waals surface area contributed by atoms with Gasteiger partial charge in [-0.2, -0.15) is 0 Å². The molecule has 5 heteroatoms. The molecule has 34 heavy (non-hydrogen) atoms. The van der Waals surface area contributed by atoms with E-state index in [1.54, 1.807) is 21.1 Å². The van der Waals surface area contributed by atoms with E-state index in [2.05, 4.69) is 18.2 Å². The van der Waals surface area contributed by atoms with Crippen LogP contribution in [-0.4, -0.2) is 37.7 Å². The third kappa shape index (κ3) is 6.77. The first-order chi connectivity index (χ1) is 16.4. The first kappa shape index (κ1) is 25.2. The lowest BCUT2D eigenvalue weighted by Gasteiger charge is -2.26. The number of nitrogens with zero attached hydrogens (tertiary/aromatic N) is 1. The van der Waals surface area contributed by atoms with Crippen LogP contribution in [0.2, 0.25) is 0 Å². The smallest absolute Gasteiger partial charge is 0.219 e. The van der Waals surface area contributed by atoms with Gasteiger partial charge in [0.2, 0.25) is 5.91 Å². The zero-order valence-corrected chi connectivity index (χ0v) is 20.8. The summed E-state index contributed by atoms with van der Waals surface area (Å²) in [7, 11) is 3.34. The molecule has 1 atom stereocenters. The van der Waals surface area contributed by atoms with Crippen molar-refractivity contribution in [2.24, 2.45) is 0 Å². The topological polar surface area (TPSA) is 48.0 Å². The second kappa shape index (κ2) is 12.1. The van der Waals surface area contributed by atoms with E-state index in [1.165, 1.54) is 0 Å². The predicted molar refractivity (Wildman–Crippen MR) is 136 cm³/mol. The highest BCUT2D eigenvalue weighted by Crippen LogP contribution is 2.35. The van der Waals surface area contributed by atoms with Gasteiger partial charge >= 0.3 is 0 Å². The van der Waals surface area contributed by atoms with Gasteiger partial charge in [-0.05, 0) is 61.7 Å². The molecule has 0 aliphatic rings. The molecule has 0 aliphatic heterocycles. The fraction of sp³-hybridized carbons (Fsp3) is 0.345. The van der Waals surface area contributed by atoms with Crippen LogP contribution in [-0.2, 0) is 11.3 Å². The van der Waals surface area contributed by atoms with Crippen LogP contribution >= 0.6 is 0 Å². The van der Waals surface area contributed by atoms with Crippen LogP contribution in [0.3, 0.4) is 0 Å². The Kier molecular flexibility index (Phi) is 8.97. The number of hydrogen-bond acceptors (Lipinski definition) is 4. The van der Waals surface area contributed by atoms with Crippen LogP contribution in [0.1, 0.15) is 49.8 Å². The molecule has 1 amide bonds. The lowest BCUT2D eigenvalue weighted by atomic mass is 9.87. The second-order valence-corrected chi connectivity index (χ2v) is 8.61. The monoisotopic (exact) mass is 461 g/mol. The molecule has 0 radical (unpaired) electrons. The zero-order chi connectivity index (χ0) is 24.5. The highest BCUT2D eigenvalue weighted by atomic mass is 16.5. The summed E-state index contributed by atoms with van der Waals surface area (Å²) in [6.45, 7) is 6.84. The summed E-state index contributed by atoms with van der Waals surface area (Å²) < 4.78 is 16.8. The van der Waals surface area contributed by atoms with Crippen LogP contribution in [0.5, 0.6) is 17.2 Å². The minimum atomic E-state index is 0.0512. The molecule has 0 fully saturated rings. The van der Waals surface area contributed by atoms with Gasteiger partial charge in [-0.3, -0.25) is 4.79 Å². The van der Waals surface area contributed by atoms with Crippen LogP contribution in [0.25, 0.3) is 0 Å². The average molecular weight is 462 g/mol. The fourth-order valence-corrected chi connectivity index (χ4v) is 4.09. The van der Waals surface area contributed by atoms with Crippen molar-refractivity contribution in [3.8, 4) is 17.2 Å². The predicted octanol–water partition coefficient (Wildman–Crippen LogP) is 6.06. The van der Waals surface area contributed by atoms with E-state index in [9.17, 15) is 4.79 Å². The summed E-state index contributed by atoms with van der Waals surface area (Å²) in [5.74, 6) is 2.62. The highest BCUT2D eigenvalue weighted by Gasteiger charge is 2.21. The minimum Gasteiger partial charge on any atom is -0.497 e. The van der Waals surface area contributed by atoms with Crippen LogP contribution < -0.4 is 14.2 Å². The summed E-state index contributed by atoms with van der Waals surface area (Å²) in [5.41, 5.74) is 3.34. The molecule has 3 aromatic rings. The molecule has 3 rings (SSSR count). The molecule has 0 saturated heterocycles. The highest BCUT2D eigenvalue weighted by molar-refractivity contribution is 5.73. The van der Waals surface area contributed by atoms with Crippen LogP contribution in [0.15, 0.2) is 72.8 Å². The molecule has 3 aromatic carbocycles. The Morgan fingerprint density at radius 3 is 2.09 bits per heavy atom. The number of para-hydroxylation sites is 1. The molecule has 0 aliphatic carbocycles. The molecule has 0 spiro atoms. The lowest BCUT2D eigenvalue weighted by Crippen LogP contribution is -2.30. The quantitative estimate of drug-likeness (QED) is 0.348. The summed E-state index contributed by atoms with van der Waals surface area (Å²) in [4.78, 5) is 14.4. The molecule has 0 aromatic heterocycles. The largest absolute Gasteiger partial charge is 0.497 e. The van der Waals surface area contributed by atoms with Crippen molar-refractivity contribution in [1.82, 2.24) is 4.90 Å². The molecule has 5 nitrogen and oxygen atoms in total. The van der Waals surface area contributed by atoms with Crippen molar-refractivity contribution < 1.29 is 19.0 Å². The Bertz CT molecular complexity index is 1040.